The number of hydrogen-bond acceptors (Lipinski definition) is 3. The Bertz CT molecular complexity index is 717. The molecule has 2 heterocycles. The quantitative estimate of drug-likeness (QED) is 0.668. The summed E-state index contributed by atoms with van der Waals surface area (Å²) >= 11 is 0. The number of rotatable bonds is 2. The summed E-state index contributed by atoms with van der Waals surface area (Å²) in [7, 11) is 0. The second-order valence-corrected chi connectivity index (χ2v) is 4.89. The van der Waals surface area contributed by atoms with E-state index in [9.17, 15) is 10.1 Å². The van der Waals surface area contributed by atoms with Crippen molar-refractivity contribution >= 4 is 22.9 Å². The first-order valence-corrected chi connectivity index (χ1v) is 6.62. The monoisotopic (exact) mass is 266 g/mol. The molecule has 1 fully saturated rings. The summed E-state index contributed by atoms with van der Waals surface area (Å²) in [5.74, 6) is -0.169. The summed E-state index contributed by atoms with van der Waals surface area (Å²) in [6.45, 7) is 1.50. The van der Waals surface area contributed by atoms with Gasteiger partial charge in [-0.2, -0.15) is 10.4 Å². The van der Waals surface area contributed by atoms with E-state index < -0.39 is 0 Å². The van der Waals surface area contributed by atoms with E-state index in [0.29, 0.717) is 0 Å². The van der Waals surface area contributed by atoms with Crippen LogP contribution in [0.3, 0.4) is 0 Å². The molecule has 20 heavy (non-hydrogen) atoms. The van der Waals surface area contributed by atoms with E-state index in [1.54, 1.807) is 17.2 Å². The zero-order valence-electron chi connectivity index (χ0n) is 11.0. The molecule has 1 aliphatic rings. The number of H-pyrrole nitrogens is 1. The van der Waals surface area contributed by atoms with Gasteiger partial charge in [0.25, 0.3) is 5.91 Å². The van der Waals surface area contributed by atoms with Crippen LogP contribution in [-0.4, -0.2) is 34.1 Å². The predicted octanol–water partition coefficient (Wildman–Crippen LogP) is 2.09. The fourth-order valence-electron chi connectivity index (χ4n) is 2.45. The van der Waals surface area contributed by atoms with Crippen LogP contribution in [-0.2, 0) is 4.79 Å². The smallest absolute Gasteiger partial charge is 0.264 e. The number of carbonyl (C=O) groups excluding carboxylic acids is 1. The molecular formula is C15H14N4O. The number of nitriles is 1. The van der Waals surface area contributed by atoms with Crippen LogP contribution in [0.25, 0.3) is 17.0 Å². The largest absolute Gasteiger partial charge is 0.338 e. The topological polar surface area (TPSA) is 72.8 Å². The molecule has 5 heteroatoms. The van der Waals surface area contributed by atoms with Crippen LogP contribution in [0, 0.1) is 11.3 Å². The van der Waals surface area contributed by atoms with Crippen LogP contribution < -0.4 is 0 Å². The van der Waals surface area contributed by atoms with Gasteiger partial charge >= 0.3 is 0 Å². The molecule has 100 valence electrons. The minimum atomic E-state index is -0.169. The number of fused-ring (bicyclic) bond motifs is 1. The number of nitrogens with zero attached hydrogens (tertiary/aromatic N) is 3. The molecule has 5 nitrogen and oxygen atoms in total. The number of aromatic nitrogens is 2. The SMILES string of the molecule is N#C/C(=C/c1ccc2[nH]ncc2c1)C(=O)N1CCCC1. The predicted molar refractivity (Wildman–Crippen MR) is 75.5 cm³/mol. The van der Waals surface area contributed by atoms with Gasteiger partial charge in [0, 0.05) is 18.5 Å². The van der Waals surface area contributed by atoms with Crippen LogP contribution in [0.2, 0.25) is 0 Å². The molecule has 1 N–H and O–H groups in total. The summed E-state index contributed by atoms with van der Waals surface area (Å²) in [5.41, 5.74) is 1.96. The third-order valence-corrected chi connectivity index (χ3v) is 3.52. The molecule has 0 radical (unpaired) electrons. The highest BCUT2D eigenvalue weighted by Crippen LogP contribution is 2.17. The van der Waals surface area contributed by atoms with E-state index in [1.165, 1.54) is 0 Å². The van der Waals surface area contributed by atoms with Gasteiger partial charge in [0.05, 0.1) is 11.7 Å². The van der Waals surface area contributed by atoms with Crippen molar-refractivity contribution in [2.75, 3.05) is 13.1 Å². The first-order valence-electron chi connectivity index (χ1n) is 6.62. The van der Waals surface area contributed by atoms with Crippen LogP contribution in [0.4, 0.5) is 0 Å². The van der Waals surface area contributed by atoms with Crippen LogP contribution in [0.1, 0.15) is 18.4 Å². The van der Waals surface area contributed by atoms with E-state index in [1.807, 2.05) is 24.3 Å². The molecule has 0 saturated carbocycles. The van der Waals surface area contributed by atoms with Gasteiger partial charge in [0.1, 0.15) is 11.6 Å². The zero-order valence-corrected chi connectivity index (χ0v) is 11.0. The van der Waals surface area contributed by atoms with E-state index in [-0.39, 0.29) is 11.5 Å². The Morgan fingerprint density at radius 1 is 1.40 bits per heavy atom. The average Bonchev–Trinajstić information content (AvgIpc) is 3.14. The van der Waals surface area contributed by atoms with Crippen molar-refractivity contribution in [1.82, 2.24) is 15.1 Å². The van der Waals surface area contributed by atoms with E-state index in [0.717, 1.165) is 42.4 Å². The normalized spacial score (nSPS) is 15.6. The Kier molecular flexibility index (Phi) is 3.21. The van der Waals surface area contributed by atoms with Gasteiger partial charge in [-0.3, -0.25) is 9.89 Å². The van der Waals surface area contributed by atoms with Gasteiger partial charge in [-0.1, -0.05) is 6.07 Å². The molecule has 3 rings (SSSR count). The summed E-state index contributed by atoms with van der Waals surface area (Å²) < 4.78 is 0. The number of amides is 1. The van der Waals surface area contributed by atoms with Crippen molar-refractivity contribution in [3.8, 4) is 6.07 Å². The van der Waals surface area contributed by atoms with Crippen molar-refractivity contribution in [2.45, 2.75) is 12.8 Å². The lowest BCUT2D eigenvalue weighted by molar-refractivity contribution is -0.125. The minimum absolute atomic E-state index is 0.169. The van der Waals surface area contributed by atoms with Gasteiger partial charge in [0.15, 0.2) is 0 Å². The number of benzene rings is 1. The Labute approximate surface area is 116 Å². The molecule has 1 amide bonds. The fourth-order valence-corrected chi connectivity index (χ4v) is 2.45. The standard InChI is InChI=1S/C15H14N4O/c16-9-12(15(20)19-5-1-2-6-19)7-11-3-4-14-13(8-11)10-17-18-14/h3-4,7-8,10H,1-2,5-6H2,(H,17,18)/b12-7-. The van der Waals surface area contributed by atoms with Crippen molar-refractivity contribution in [3.05, 3.63) is 35.5 Å². The summed E-state index contributed by atoms with van der Waals surface area (Å²) in [5, 5.41) is 17.0. The average molecular weight is 266 g/mol. The molecule has 1 aromatic heterocycles. The maximum absolute atomic E-state index is 12.2. The van der Waals surface area contributed by atoms with Crippen molar-refractivity contribution in [1.29, 1.82) is 5.26 Å². The Balaban J connectivity index is 1.91. The molecule has 1 saturated heterocycles. The number of carbonyl (C=O) groups is 1. The van der Waals surface area contributed by atoms with Crippen molar-refractivity contribution < 1.29 is 4.79 Å². The van der Waals surface area contributed by atoms with Crippen LogP contribution in [0.15, 0.2) is 30.0 Å². The third-order valence-electron chi connectivity index (χ3n) is 3.52. The van der Waals surface area contributed by atoms with Crippen LogP contribution in [0.5, 0.6) is 0 Å². The Morgan fingerprint density at radius 3 is 2.95 bits per heavy atom. The van der Waals surface area contributed by atoms with Gasteiger partial charge in [-0.05, 0) is 36.6 Å². The molecule has 0 spiro atoms. The maximum atomic E-state index is 12.2. The van der Waals surface area contributed by atoms with Gasteiger partial charge in [0.2, 0.25) is 0 Å². The molecule has 0 atom stereocenters. The van der Waals surface area contributed by atoms with E-state index in [2.05, 4.69) is 10.2 Å². The van der Waals surface area contributed by atoms with Crippen molar-refractivity contribution in [2.24, 2.45) is 0 Å². The lowest BCUT2D eigenvalue weighted by Gasteiger charge is -2.14. The fraction of sp³-hybridized carbons (Fsp3) is 0.267. The lowest BCUT2D eigenvalue weighted by Crippen LogP contribution is -2.28. The van der Waals surface area contributed by atoms with Crippen LogP contribution >= 0.6 is 0 Å². The van der Waals surface area contributed by atoms with Gasteiger partial charge in [-0.15, -0.1) is 0 Å². The number of nitrogens with one attached hydrogen (secondary N) is 1. The Morgan fingerprint density at radius 2 is 2.20 bits per heavy atom. The maximum Gasteiger partial charge on any atom is 0.264 e. The summed E-state index contributed by atoms with van der Waals surface area (Å²) in [6, 6.07) is 7.69. The molecule has 0 bridgehead atoms. The zero-order chi connectivity index (χ0) is 13.9. The highest BCUT2D eigenvalue weighted by Gasteiger charge is 2.21. The third kappa shape index (κ3) is 2.28. The highest BCUT2D eigenvalue weighted by molar-refractivity contribution is 6.02. The second-order valence-electron chi connectivity index (χ2n) is 4.89. The molecule has 1 aromatic carbocycles. The molecule has 2 aromatic rings. The van der Waals surface area contributed by atoms with Gasteiger partial charge < -0.3 is 4.90 Å². The molecule has 0 unspecified atom stereocenters. The summed E-state index contributed by atoms with van der Waals surface area (Å²) in [6.07, 6.45) is 5.41. The lowest BCUT2D eigenvalue weighted by atomic mass is 10.1. The van der Waals surface area contributed by atoms with Gasteiger partial charge in [-0.25, -0.2) is 0 Å². The highest BCUT2D eigenvalue weighted by atomic mass is 16.2. The number of hydrogen-bond donors (Lipinski definition) is 1. The van der Waals surface area contributed by atoms with Crippen molar-refractivity contribution in [3.63, 3.8) is 0 Å². The first-order chi connectivity index (χ1) is 9.78. The number of likely N-dealkylation sites (tertiary alicyclic amines) is 1. The molecule has 1 aliphatic heterocycles. The molecule has 0 aliphatic carbocycles. The second kappa shape index (κ2) is 5.17. The van der Waals surface area contributed by atoms with E-state index in [4.69, 9.17) is 0 Å². The summed E-state index contributed by atoms with van der Waals surface area (Å²) in [4.78, 5) is 14.0. The van der Waals surface area contributed by atoms with E-state index >= 15 is 0 Å². The molecular weight excluding hydrogens is 252 g/mol. The Hall–Kier alpha value is -2.61. The minimum Gasteiger partial charge on any atom is -0.338 e. The first kappa shape index (κ1) is 12.4. The number of aromatic amines is 1.